The molecule has 0 aliphatic heterocycles. The summed E-state index contributed by atoms with van der Waals surface area (Å²) in [4.78, 5) is 12.5. The Hall–Kier alpha value is -2.38. The molecule has 0 aliphatic carbocycles. The third-order valence-corrected chi connectivity index (χ3v) is 4.74. The van der Waals surface area contributed by atoms with Crippen molar-refractivity contribution in [2.45, 2.75) is 44.8 Å². The molecule has 7 heteroatoms. The third-order valence-electron chi connectivity index (χ3n) is 4.15. The first-order chi connectivity index (χ1) is 13.6. The number of carbonyl (C=O) groups excluding carboxylic acids is 1. The highest BCUT2D eigenvalue weighted by molar-refractivity contribution is 7.85. The zero-order valence-electron chi connectivity index (χ0n) is 17.3. The van der Waals surface area contributed by atoms with Crippen LogP contribution in [0.1, 0.15) is 44.2 Å². The van der Waals surface area contributed by atoms with Gasteiger partial charge in [0.05, 0.1) is 12.9 Å². The highest BCUT2D eigenvalue weighted by Crippen LogP contribution is 2.30. The van der Waals surface area contributed by atoms with Gasteiger partial charge in [-0.1, -0.05) is 60.7 Å². The minimum Gasteiger partial charge on any atom is -0.444 e. The molecule has 0 bridgehead atoms. The summed E-state index contributed by atoms with van der Waals surface area (Å²) in [5.74, 6) is -0.201. The summed E-state index contributed by atoms with van der Waals surface area (Å²) < 4.78 is 33.2. The SMILES string of the molecule is CC(C)(C)OC(=O)N[C@@H](CCOS(C)(=O)=O)C(c1ccccc1)c1ccccc1. The average molecular weight is 420 g/mol. The van der Waals surface area contributed by atoms with E-state index in [1.54, 1.807) is 20.8 Å². The maximum atomic E-state index is 12.5. The zero-order valence-corrected chi connectivity index (χ0v) is 18.1. The third kappa shape index (κ3) is 8.25. The van der Waals surface area contributed by atoms with Gasteiger partial charge in [0.2, 0.25) is 0 Å². The van der Waals surface area contributed by atoms with Gasteiger partial charge in [-0.05, 0) is 38.3 Å². The Bertz CT molecular complexity index is 837. The predicted molar refractivity (Wildman–Crippen MR) is 113 cm³/mol. The van der Waals surface area contributed by atoms with E-state index in [0.717, 1.165) is 17.4 Å². The fraction of sp³-hybridized carbons (Fsp3) is 0.409. The van der Waals surface area contributed by atoms with Gasteiger partial charge in [0.25, 0.3) is 10.1 Å². The van der Waals surface area contributed by atoms with E-state index in [0.29, 0.717) is 6.42 Å². The Morgan fingerprint density at radius 3 is 1.86 bits per heavy atom. The first kappa shape index (κ1) is 22.9. The summed E-state index contributed by atoms with van der Waals surface area (Å²) in [5.41, 5.74) is 1.35. The number of ether oxygens (including phenoxy) is 1. The Labute approximate surface area is 173 Å². The van der Waals surface area contributed by atoms with Crippen LogP contribution in [-0.2, 0) is 19.0 Å². The Morgan fingerprint density at radius 2 is 1.45 bits per heavy atom. The topological polar surface area (TPSA) is 81.7 Å². The lowest BCUT2D eigenvalue weighted by molar-refractivity contribution is 0.0493. The van der Waals surface area contributed by atoms with Gasteiger partial charge in [-0.25, -0.2) is 4.79 Å². The number of hydrogen-bond donors (Lipinski definition) is 1. The van der Waals surface area contributed by atoms with Crippen LogP contribution in [0.2, 0.25) is 0 Å². The van der Waals surface area contributed by atoms with Gasteiger partial charge in [-0.2, -0.15) is 8.42 Å². The lowest BCUT2D eigenvalue weighted by Gasteiger charge is -2.30. The number of carbonyl (C=O) groups is 1. The maximum Gasteiger partial charge on any atom is 0.407 e. The molecule has 0 spiro atoms. The van der Waals surface area contributed by atoms with E-state index in [1.165, 1.54) is 0 Å². The van der Waals surface area contributed by atoms with Gasteiger partial charge in [-0.3, -0.25) is 4.18 Å². The minimum atomic E-state index is -3.58. The van der Waals surface area contributed by atoms with Crippen LogP contribution >= 0.6 is 0 Å². The lowest BCUT2D eigenvalue weighted by atomic mass is 9.84. The normalized spacial score (nSPS) is 13.1. The first-order valence-electron chi connectivity index (χ1n) is 9.49. The van der Waals surface area contributed by atoms with Crippen molar-refractivity contribution in [3.05, 3.63) is 71.8 Å². The summed E-state index contributed by atoms with van der Waals surface area (Å²) in [5, 5.41) is 2.92. The van der Waals surface area contributed by atoms with Crippen molar-refractivity contribution in [3.63, 3.8) is 0 Å². The van der Waals surface area contributed by atoms with Gasteiger partial charge in [-0.15, -0.1) is 0 Å². The molecule has 0 saturated heterocycles. The molecule has 0 aliphatic rings. The van der Waals surface area contributed by atoms with Crippen LogP contribution in [0, 0.1) is 0 Å². The molecule has 0 heterocycles. The van der Waals surface area contributed by atoms with E-state index < -0.39 is 27.9 Å². The van der Waals surface area contributed by atoms with Crippen molar-refractivity contribution in [1.29, 1.82) is 0 Å². The lowest BCUT2D eigenvalue weighted by Crippen LogP contribution is -2.43. The number of hydrogen-bond acceptors (Lipinski definition) is 5. The van der Waals surface area contributed by atoms with Crippen LogP contribution in [0.25, 0.3) is 0 Å². The minimum absolute atomic E-state index is 0.0462. The number of rotatable bonds is 8. The molecule has 6 nitrogen and oxygen atoms in total. The molecule has 29 heavy (non-hydrogen) atoms. The number of amides is 1. The number of benzene rings is 2. The molecule has 0 unspecified atom stereocenters. The van der Waals surface area contributed by atoms with Crippen molar-refractivity contribution in [1.82, 2.24) is 5.32 Å². The van der Waals surface area contributed by atoms with Crippen molar-refractivity contribution >= 4 is 16.2 Å². The van der Waals surface area contributed by atoms with Crippen molar-refractivity contribution in [2.75, 3.05) is 12.9 Å². The van der Waals surface area contributed by atoms with Crippen LogP contribution in [0.5, 0.6) is 0 Å². The van der Waals surface area contributed by atoms with Crippen molar-refractivity contribution in [2.24, 2.45) is 0 Å². The van der Waals surface area contributed by atoms with Gasteiger partial charge < -0.3 is 10.1 Å². The first-order valence-corrected chi connectivity index (χ1v) is 11.3. The summed E-state index contributed by atoms with van der Waals surface area (Å²) in [6.07, 6.45) is 0.745. The largest absolute Gasteiger partial charge is 0.444 e. The molecular weight excluding hydrogens is 390 g/mol. The van der Waals surface area contributed by atoms with Crippen LogP contribution in [0.3, 0.4) is 0 Å². The van der Waals surface area contributed by atoms with E-state index in [4.69, 9.17) is 8.92 Å². The monoisotopic (exact) mass is 419 g/mol. The summed E-state index contributed by atoms with van der Waals surface area (Å²) >= 11 is 0. The fourth-order valence-electron chi connectivity index (χ4n) is 3.09. The van der Waals surface area contributed by atoms with Crippen LogP contribution in [0.4, 0.5) is 4.79 Å². The molecule has 2 aromatic rings. The fourth-order valence-corrected chi connectivity index (χ4v) is 3.48. The second-order valence-electron chi connectivity index (χ2n) is 7.87. The molecule has 0 saturated carbocycles. The molecule has 1 amide bonds. The second-order valence-corrected chi connectivity index (χ2v) is 9.51. The molecule has 158 valence electrons. The maximum absolute atomic E-state index is 12.5. The van der Waals surface area contributed by atoms with Gasteiger partial charge in [0.1, 0.15) is 5.60 Å². The van der Waals surface area contributed by atoms with E-state index in [1.807, 2.05) is 60.7 Å². The Balaban J connectivity index is 2.35. The van der Waals surface area contributed by atoms with E-state index in [9.17, 15) is 13.2 Å². The number of nitrogens with one attached hydrogen (secondary N) is 1. The van der Waals surface area contributed by atoms with E-state index in [2.05, 4.69) is 5.32 Å². The Kier molecular flexibility index (Phi) is 7.81. The van der Waals surface area contributed by atoms with Crippen LogP contribution in [-0.4, -0.2) is 39.0 Å². The quantitative estimate of drug-likeness (QED) is 0.652. The van der Waals surface area contributed by atoms with Gasteiger partial charge in [0.15, 0.2) is 0 Å². The summed E-state index contributed by atoms with van der Waals surface area (Å²) in [6.45, 7) is 5.33. The molecule has 2 aromatic carbocycles. The van der Waals surface area contributed by atoms with Gasteiger partial charge in [0, 0.05) is 12.0 Å². The highest BCUT2D eigenvalue weighted by Gasteiger charge is 2.28. The molecule has 0 fully saturated rings. The summed E-state index contributed by atoms with van der Waals surface area (Å²) in [7, 11) is -3.58. The average Bonchev–Trinajstić information content (AvgIpc) is 2.61. The van der Waals surface area contributed by atoms with Crippen LogP contribution < -0.4 is 5.32 Å². The highest BCUT2D eigenvalue weighted by atomic mass is 32.2. The molecular formula is C22H29NO5S. The molecule has 1 N–H and O–H groups in total. The number of alkyl carbamates (subject to hydrolysis) is 1. The predicted octanol–water partition coefficient (Wildman–Crippen LogP) is 4.08. The van der Waals surface area contributed by atoms with E-state index in [-0.39, 0.29) is 12.5 Å². The second kappa shape index (κ2) is 9.89. The molecule has 2 rings (SSSR count). The molecule has 0 radical (unpaired) electrons. The van der Waals surface area contributed by atoms with Crippen molar-refractivity contribution < 1.29 is 22.1 Å². The van der Waals surface area contributed by atoms with E-state index >= 15 is 0 Å². The molecule has 1 atom stereocenters. The zero-order chi connectivity index (χ0) is 21.5. The van der Waals surface area contributed by atoms with Crippen molar-refractivity contribution in [3.8, 4) is 0 Å². The summed E-state index contributed by atoms with van der Waals surface area (Å²) in [6, 6.07) is 19.1. The standard InChI is InChI=1S/C22H29NO5S/c1-22(2,3)28-21(24)23-19(15-16-27-29(4,25)26)20(17-11-7-5-8-12-17)18-13-9-6-10-14-18/h5-14,19-20H,15-16H2,1-4H3,(H,23,24)/t19-/m0/s1. The molecule has 0 aromatic heterocycles. The van der Waals surface area contributed by atoms with Gasteiger partial charge >= 0.3 is 6.09 Å². The Morgan fingerprint density at radius 1 is 0.966 bits per heavy atom. The van der Waals surface area contributed by atoms with Crippen LogP contribution in [0.15, 0.2) is 60.7 Å². The smallest absolute Gasteiger partial charge is 0.407 e.